The summed E-state index contributed by atoms with van der Waals surface area (Å²) in [6.45, 7) is 5.63. The van der Waals surface area contributed by atoms with Crippen molar-refractivity contribution in [1.82, 2.24) is 4.98 Å². The van der Waals surface area contributed by atoms with E-state index in [9.17, 15) is 4.79 Å². The Morgan fingerprint density at radius 1 is 1.47 bits per heavy atom. The first kappa shape index (κ1) is 9.52. The highest BCUT2D eigenvalue weighted by Crippen LogP contribution is 2.23. The Morgan fingerprint density at radius 3 is 2.87 bits per heavy atom. The summed E-state index contributed by atoms with van der Waals surface area (Å²) in [4.78, 5) is 14.1. The number of carbonyl (C=O) groups excluding carboxylic acids is 1. The van der Waals surface area contributed by atoms with E-state index < -0.39 is 5.91 Å². The molecule has 0 radical (unpaired) electrons. The van der Waals surface area contributed by atoms with E-state index in [1.54, 1.807) is 0 Å². The Bertz CT molecular complexity index is 552. The van der Waals surface area contributed by atoms with Gasteiger partial charge in [0.15, 0.2) is 0 Å². The summed E-state index contributed by atoms with van der Waals surface area (Å²) >= 11 is 0. The molecule has 1 heterocycles. The van der Waals surface area contributed by atoms with E-state index in [0.717, 1.165) is 22.0 Å². The zero-order valence-corrected chi connectivity index (χ0v) is 8.50. The zero-order chi connectivity index (χ0) is 11.0. The number of H-pyrrole nitrogens is 1. The molecule has 15 heavy (non-hydrogen) atoms. The van der Waals surface area contributed by atoms with Crippen LogP contribution in [0, 0.1) is 6.92 Å². The Kier molecular flexibility index (Phi) is 2.08. The van der Waals surface area contributed by atoms with Crippen molar-refractivity contribution in [2.24, 2.45) is 5.73 Å². The van der Waals surface area contributed by atoms with Crippen molar-refractivity contribution in [3.8, 4) is 0 Å². The van der Waals surface area contributed by atoms with Crippen LogP contribution in [0.5, 0.6) is 0 Å². The van der Waals surface area contributed by atoms with Gasteiger partial charge in [0.25, 0.3) is 0 Å². The van der Waals surface area contributed by atoms with Gasteiger partial charge in [-0.2, -0.15) is 0 Å². The molecule has 0 fully saturated rings. The molecule has 1 aromatic heterocycles. The molecule has 1 amide bonds. The van der Waals surface area contributed by atoms with E-state index in [1.165, 1.54) is 0 Å². The van der Waals surface area contributed by atoms with Gasteiger partial charge in [0.2, 0.25) is 5.91 Å². The Morgan fingerprint density at radius 2 is 2.20 bits per heavy atom. The van der Waals surface area contributed by atoms with Gasteiger partial charge < -0.3 is 10.7 Å². The lowest BCUT2D eigenvalue weighted by molar-refractivity contribution is -0.112. The third kappa shape index (κ3) is 1.52. The third-order valence-corrected chi connectivity index (χ3v) is 2.52. The summed E-state index contributed by atoms with van der Waals surface area (Å²) in [7, 11) is 0. The minimum atomic E-state index is -0.482. The highest BCUT2D eigenvalue weighted by atomic mass is 16.1. The van der Waals surface area contributed by atoms with Crippen LogP contribution in [0.25, 0.3) is 16.5 Å². The van der Waals surface area contributed by atoms with Crippen molar-refractivity contribution < 1.29 is 4.79 Å². The number of hydrogen-bond acceptors (Lipinski definition) is 1. The number of aryl methyl sites for hydroxylation is 1. The van der Waals surface area contributed by atoms with Crippen LogP contribution >= 0.6 is 0 Å². The molecule has 0 saturated carbocycles. The molecule has 0 aliphatic heterocycles. The van der Waals surface area contributed by atoms with Gasteiger partial charge in [-0.25, -0.2) is 0 Å². The van der Waals surface area contributed by atoms with Crippen LogP contribution in [0.3, 0.4) is 0 Å². The van der Waals surface area contributed by atoms with Gasteiger partial charge in [-0.05, 0) is 41.6 Å². The van der Waals surface area contributed by atoms with Crippen LogP contribution in [0.4, 0.5) is 0 Å². The number of nitrogens with two attached hydrogens (primary N) is 1. The SMILES string of the molecule is C=C(C(N)=O)c1cc2[nH]ccc2cc1C. The second-order valence-electron chi connectivity index (χ2n) is 3.57. The van der Waals surface area contributed by atoms with Gasteiger partial charge >= 0.3 is 0 Å². The fourth-order valence-corrected chi connectivity index (χ4v) is 1.67. The minimum absolute atomic E-state index is 0.351. The predicted octanol–water partition coefficient (Wildman–Crippen LogP) is 1.97. The van der Waals surface area contributed by atoms with Crippen molar-refractivity contribution in [3.63, 3.8) is 0 Å². The monoisotopic (exact) mass is 200 g/mol. The zero-order valence-electron chi connectivity index (χ0n) is 8.50. The molecule has 3 N–H and O–H groups in total. The fourth-order valence-electron chi connectivity index (χ4n) is 1.67. The Hall–Kier alpha value is -2.03. The number of aromatic nitrogens is 1. The molecule has 0 aliphatic rings. The highest BCUT2D eigenvalue weighted by molar-refractivity contribution is 6.18. The first-order valence-corrected chi connectivity index (χ1v) is 4.66. The number of hydrogen-bond donors (Lipinski definition) is 2. The number of amides is 1. The molecule has 0 spiro atoms. The standard InChI is InChI=1S/C12H12N2O/c1-7-5-9-3-4-14-11(9)6-10(7)8(2)12(13)15/h3-6,14H,2H2,1H3,(H2,13,15). The van der Waals surface area contributed by atoms with E-state index in [0.29, 0.717) is 5.57 Å². The number of benzene rings is 1. The lowest BCUT2D eigenvalue weighted by atomic mass is 10.00. The predicted molar refractivity (Wildman–Crippen MR) is 61.3 cm³/mol. The molecule has 2 rings (SSSR count). The molecule has 3 heteroatoms. The number of fused-ring (bicyclic) bond motifs is 1. The molecule has 0 unspecified atom stereocenters. The highest BCUT2D eigenvalue weighted by Gasteiger charge is 2.09. The van der Waals surface area contributed by atoms with Crippen molar-refractivity contribution in [2.45, 2.75) is 6.92 Å². The lowest BCUT2D eigenvalue weighted by Gasteiger charge is -2.06. The van der Waals surface area contributed by atoms with E-state index in [4.69, 9.17) is 5.73 Å². The maximum Gasteiger partial charge on any atom is 0.248 e. The van der Waals surface area contributed by atoms with Crippen molar-refractivity contribution in [3.05, 3.63) is 42.1 Å². The van der Waals surface area contributed by atoms with Crippen LogP contribution in [-0.4, -0.2) is 10.9 Å². The second kappa shape index (κ2) is 3.28. The quantitative estimate of drug-likeness (QED) is 0.715. The minimum Gasteiger partial charge on any atom is -0.366 e. The largest absolute Gasteiger partial charge is 0.366 e. The van der Waals surface area contributed by atoms with Gasteiger partial charge in [-0.1, -0.05) is 6.58 Å². The summed E-state index contributed by atoms with van der Waals surface area (Å²) in [6.07, 6.45) is 1.86. The first-order valence-electron chi connectivity index (χ1n) is 4.66. The summed E-state index contributed by atoms with van der Waals surface area (Å²) in [6, 6.07) is 5.90. The molecular formula is C12H12N2O. The molecule has 76 valence electrons. The topological polar surface area (TPSA) is 58.9 Å². The fraction of sp³-hybridized carbons (Fsp3) is 0.0833. The normalized spacial score (nSPS) is 10.5. The molecule has 2 aromatic rings. The molecule has 0 saturated heterocycles. The van der Waals surface area contributed by atoms with E-state index >= 15 is 0 Å². The number of aromatic amines is 1. The third-order valence-electron chi connectivity index (χ3n) is 2.52. The van der Waals surface area contributed by atoms with Gasteiger partial charge in [-0.15, -0.1) is 0 Å². The molecular weight excluding hydrogens is 188 g/mol. The van der Waals surface area contributed by atoms with Crippen LogP contribution in [0.2, 0.25) is 0 Å². The molecule has 3 nitrogen and oxygen atoms in total. The van der Waals surface area contributed by atoms with Crippen molar-refractivity contribution in [2.75, 3.05) is 0 Å². The summed E-state index contributed by atoms with van der Waals surface area (Å²) in [5, 5.41) is 1.12. The second-order valence-corrected chi connectivity index (χ2v) is 3.57. The van der Waals surface area contributed by atoms with Crippen LogP contribution < -0.4 is 5.73 Å². The summed E-state index contributed by atoms with van der Waals surface area (Å²) in [5.41, 5.74) is 8.35. The molecule has 0 bridgehead atoms. The average molecular weight is 200 g/mol. The van der Waals surface area contributed by atoms with Gasteiger partial charge in [0.05, 0.1) is 0 Å². The molecule has 0 atom stereocenters. The molecule has 0 aliphatic carbocycles. The van der Waals surface area contributed by atoms with Gasteiger partial charge in [0, 0.05) is 17.3 Å². The summed E-state index contributed by atoms with van der Waals surface area (Å²) in [5.74, 6) is -0.482. The van der Waals surface area contributed by atoms with E-state index in [1.807, 2.05) is 31.3 Å². The van der Waals surface area contributed by atoms with E-state index in [2.05, 4.69) is 11.6 Å². The molecule has 1 aromatic carbocycles. The summed E-state index contributed by atoms with van der Waals surface area (Å²) < 4.78 is 0. The maximum absolute atomic E-state index is 11.0. The number of carbonyl (C=O) groups is 1. The van der Waals surface area contributed by atoms with Gasteiger partial charge in [0.1, 0.15) is 0 Å². The number of rotatable bonds is 2. The van der Waals surface area contributed by atoms with Crippen LogP contribution in [-0.2, 0) is 4.79 Å². The van der Waals surface area contributed by atoms with Gasteiger partial charge in [-0.3, -0.25) is 4.79 Å². The van der Waals surface area contributed by atoms with Crippen molar-refractivity contribution in [1.29, 1.82) is 0 Å². The average Bonchev–Trinajstić information content (AvgIpc) is 2.62. The number of nitrogens with one attached hydrogen (secondary N) is 1. The number of primary amides is 1. The lowest BCUT2D eigenvalue weighted by Crippen LogP contribution is -2.12. The van der Waals surface area contributed by atoms with E-state index in [-0.39, 0.29) is 0 Å². The smallest absolute Gasteiger partial charge is 0.248 e. The maximum atomic E-state index is 11.0. The van der Waals surface area contributed by atoms with Crippen molar-refractivity contribution >= 4 is 22.4 Å². The van der Waals surface area contributed by atoms with Crippen LogP contribution in [0.1, 0.15) is 11.1 Å². The Labute approximate surface area is 87.6 Å². The first-order chi connectivity index (χ1) is 7.09. The Balaban J connectivity index is 2.65. The van der Waals surface area contributed by atoms with Crippen LogP contribution in [0.15, 0.2) is 31.0 Å².